The highest BCUT2D eigenvalue weighted by atomic mass is 19.1. The minimum Gasteiger partial charge on any atom is -0.382 e. The fourth-order valence-corrected chi connectivity index (χ4v) is 3.54. The maximum atomic E-state index is 13.2. The minimum absolute atomic E-state index is 0.0285. The largest absolute Gasteiger partial charge is 0.382 e. The molecular formula is C19H19FN4O. The summed E-state index contributed by atoms with van der Waals surface area (Å²) >= 11 is 0. The monoisotopic (exact) mass is 338 g/mol. The average Bonchev–Trinajstić information content (AvgIpc) is 3.02. The molecule has 1 amide bonds. The number of nitrogens with zero attached hydrogens (tertiary/aromatic N) is 2. The number of benzene rings is 2. The molecule has 3 aromatic rings. The Bertz CT molecular complexity index is 919. The van der Waals surface area contributed by atoms with Crippen LogP contribution in [0.5, 0.6) is 0 Å². The summed E-state index contributed by atoms with van der Waals surface area (Å²) in [5, 5.41) is 7.56. The zero-order chi connectivity index (χ0) is 17.4. The van der Waals surface area contributed by atoms with Gasteiger partial charge in [-0.1, -0.05) is 12.1 Å². The number of fused-ring (bicyclic) bond motifs is 1. The Morgan fingerprint density at radius 1 is 1.20 bits per heavy atom. The molecule has 0 radical (unpaired) electrons. The van der Waals surface area contributed by atoms with Gasteiger partial charge >= 0.3 is 0 Å². The number of carbonyl (C=O) groups excluding carboxylic acids is 1. The predicted molar refractivity (Wildman–Crippen MR) is 94.5 cm³/mol. The number of hydrogen-bond donors (Lipinski definition) is 2. The summed E-state index contributed by atoms with van der Waals surface area (Å²) < 4.78 is 13.2. The third-order valence-corrected chi connectivity index (χ3v) is 4.86. The number of piperidine rings is 1. The summed E-state index contributed by atoms with van der Waals surface area (Å²) in [5.74, 6) is 0.0909. The highest BCUT2D eigenvalue weighted by molar-refractivity contribution is 6.00. The molecule has 2 aromatic carbocycles. The summed E-state index contributed by atoms with van der Waals surface area (Å²) in [7, 11) is 0. The number of anilines is 1. The Labute approximate surface area is 144 Å². The maximum Gasteiger partial charge on any atom is 0.254 e. The number of nitrogens with one attached hydrogen (secondary N) is 1. The molecule has 0 bridgehead atoms. The van der Waals surface area contributed by atoms with Crippen molar-refractivity contribution in [3.63, 3.8) is 0 Å². The number of aromatic nitrogens is 2. The lowest BCUT2D eigenvalue weighted by atomic mass is 9.94. The minimum atomic E-state index is -0.265. The van der Waals surface area contributed by atoms with Crippen molar-refractivity contribution in [2.75, 3.05) is 12.3 Å². The number of H-pyrrole nitrogens is 1. The number of rotatable bonds is 2. The van der Waals surface area contributed by atoms with Crippen LogP contribution in [0, 0.1) is 5.82 Å². The van der Waals surface area contributed by atoms with Gasteiger partial charge in [-0.2, -0.15) is 5.10 Å². The van der Waals surface area contributed by atoms with Crippen LogP contribution in [0.2, 0.25) is 0 Å². The molecule has 6 heteroatoms. The van der Waals surface area contributed by atoms with Crippen LogP contribution in [0.3, 0.4) is 0 Å². The van der Waals surface area contributed by atoms with E-state index in [0.29, 0.717) is 17.9 Å². The first-order valence-electron chi connectivity index (χ1n) is 8.43. The molecule has 0 spiro atoms. The zero-order valence-electron chi connectivity index (χ0n) is 13.7. The van der Waals surface area contributed by atoms with E-state index in [0.717, 1.165) is 35.7 Å². The van der Waals surface area contributed by atoms with Gasteiger partial charge in [-0.25, -0.2) is 4.39 Å². The number of hydrogen-bond acceptors (Lipinski definition) is 3. The highest BCUT2D eigenvalue weighted by Gasteiger charge is 2.29. The number of aromatic amines is 1. The normalized spacial score (nSPS) is 17.8. The fourth-order valence-electron chi connectivity index (χ4n) is 3.54. The van der Waals surface area contributed by atoms with Crippen LogP contribution in [0.1, 0.15) is 41.2 Å². The van der Waals surface area contributed by atoms with Gasteiger partial charge in [0.25, 0.3) is 5.91 Å². The molecule has 1 aliphatic rings. The summed E-state index contributed by atoms with van der Waals surface area (Å²) in [6, 6.07) is 11.8. The van der Waals surface area contributed by atoms with E-state index in [-0.39, 0.29) is 17.8 Å². The Balaban J connectivity index is 1.67. The lowest BCUT2D eigenvalue weighted by molar-refractivity contribution is 0.0611. The van der Waals surface area contributed by atoms with Gasteiger partial charge in [0.1, 0.15) is 5.82 Å². The van der Waals surface area contributed by atoms with Crippen molar-refractivity contribution in [2.24, 2.45) is 0 Å². The predicted octanol–water partition coefficient (Wildman–Crippen LogP) is 3.65. The topological polar surface area (TPSA) is 75.0 Å². The third kappa shape index (κ3) is 2.84. The van der Waals surface area contributed by atoms with Crippen molar-refractivity contribution in [2.45, 2.75) is 25.3 Å². The number of nitrogens with two attached hydrogens (primary N) is 1. The Morgan fingerprint density at radius 2 is 2.00 bits per heavy atom. The van der Waals surface area contributed by atoms with Crippen LogP contribution in [0.4, 0.5) is 10.2 Å². The van der Waals surface area contributed by atoms with Crippen molar-refractivity contribution in [3.05, 3.63) is 59.4 Å². The standard InChI is InChI=1S/C19H19FN4O/c20-14-7-4-12(5-8-14)17-3-1-2-10-24(17)19(25)13-6-9-16-15(11-13)18(21)23-22-16/h4-9,11,17H,1-3,10H2,(H3,21,22,23)/t17-/m0/s1. The molecule has 1 aliphatic heterocycles. The second-order valence-electron chi connectivity index (χ2n) is 6.43. The van der Waals surface area contributed by atoms with E-state index in [2.05, 4.69) is 10.2 Å². The molecular weight excluding hydrogens is 319 g/mol. The third-order valence-electron chi connectivity index (χ3n) is 4.86. The van der Waals surface area contributed by atoms with Gasteiger partial charge in [-0.05, 0) is 55.2 Å². The molecule has 0 unspecified atom stereocenters. The first-order valence-corrected chi connectivity index (χ1v) is 8.43. The fraction of sp³-hybridized carbons (Fsp3) is 0.263. The lowest BCUT2D eigenvalue weighted by Crippen LogP contribution is -2.38. The van der Waals surface area contributed by atoms with Gasteiger partial charge in [0.05, 0.1) is 11.6 Å². The molecule has 3 N–H and O–H groups in total. The van der Waals surface area contributed by atoms with Crippen LogP contribution < -0.4 is 5.73 Å². The van der Waals surface area contributed by atoms with E-state index in [1.807, 2.05) is 11.0 Å². The molecule has 1 saturated heterocycles. The first-order chi connectivity index (χ1) is 12.1. The molecule has 0 aliphatic carbocycles. The van der Waals surface area contributed by atoms with Gasteiger partial charge in [-0.15, -0.1) is 0 Å². The van der Waals surface area contributed by atoms with Gasteiger partial charge in [0.2, 0.25) is 0 Å². The lowest BCUT2D eigenvalue weighted by Gasteiger charge is -2.36. The van der Waals surface area contributed by atoms with E-state index < -0.39 is 0 Å². The van der Waals surface area contributed by atoms with E-state index in [1.54, 1.807) is 24.3 Å². The van der Waals surface area contributed by atoms with Crippen LogP contribution in [-0.2, 0) is 0 Å². The molecule has 0 saturated carbocycles. The summed E-state index contributed by atoms with van der Waals surface area (Å²) in [6.45, 7) is 0.694. The number of carbonyl (C=O) groups is 1. The van der Waals surface area contributed by atoms with Crippen LogP contribution >= 0.6 is 0 Å². The van der Waals surface area contributed by atoms with E-state index in [1.165, 1.54) is 12.1 Å². The molecule has 25 heavy (non-hydrogen) atoms. The van der Waals surface area contributed by atoms with E-state index in [9.17, 15) is 9.18 Å². The summed E-state index contributed by atoms with van der Waals surface area (Å²) in [5.41, 5.74) is 8.22. The number of halogens is 1. The number of nitrogen functional groups attached to an aromatic ring is 1. The summed E-state index contributed by atoms with van der Waals surface area (Å²) in [4.78, 5) is 15.0. The Kier molecular flexibility index (Phi) is 3.87. The van der Waals surface area contributed by atoms with Crippen molar-refractivity contribution in [3.8, 4) is 0 Å². The Morgan fingerprint density at radius 3 is 2.80 bits per heavy atom. The molecule has 128 valence electrons. The van der Waals surface area contributed by atoms with E-state index >= 15 is 0 Å². The van der Waals surface area contributed by atoms with Crippen LogP contribution in [0.15, 0.2) is 42.5 Å². The van der Waals surface area contributed by atoms with Crippen molar-refractivity contribution < 1.29 is 9.18 Å². The quantitative estimate of drug-likeness (QED) is 0.749. The summed E-state index contributed by atoms with van der Waals surface area (Å²) in [6.07, 6.45) is 2.91. The van der Waals surface area contributed by atoms with Crippen molar-refractivity contribution in [1.82, 2.24) is 15.1 Å². The van der Waals surface area contributed by atoms with Crippen LogP contribution in [0.25, 0.3) is 10.9 Å². The molecule has 4 rings (SSSR count). The average molecular weight is 338 g/mol. The molecule has 5 nitrogen and oxygen atoms in total. The van der Waals surface area contributed by atoms with E-state index in [4.69, 9.17) is 5.73 Å². The van der Waals surface area contributed by atoms with Crippen molar-refractivity contribution >= 4 is 22.6 Å². The number of amides is 1. The molecule has 1 fully saturated rings. The van der Waals surface area contributed by atoms with Gasteiger partial charge < -0.3 is 10.6 Å². The molecule has 2 heterocycles. The van der Waals surface area contributed by atoms with Crippen LogP contribution in [-0.4, -0.2) is 27.5 Å². The maximum absolute atomic E-state index is 13.2. The first kappa shape index (κ1) is 15.6. The van der Waals surface area contributed by atoms with Gasteiger partial charge in [0.15, 0.2) is 5.82 Å². The van der Waals surface area contributed by atoms with Crippen molar-refractivity contribution in [1.29, 1.82) is 0 Å². The van der Waals surface area contributed by atoms with Gasteiger partial charge in [0, 0.05) is 17.5 Å². The second kappa shape index (κ2) is 6.20. The molecule has 1 atom stereocenters. The smallest absolute Gasteiger partial charge is 0.254 e. The zero-order valence-corrected chi connectivity index (χ0v) is 13.7. The van der Waals surface area contributed by atoms with Gasteiger partial charge in [-0.3, -0.25) is 9.89 Å². The highest BCUT2D eigenvalue weighted by Crippen LogP contribution is 2.32. The SMILES string of the molecule is Nc1n[nH]c2ccc(C(=O)N3CCCC[C@H]3c3ccc(F)cc3)cc12. The second-order valence-corrected chi connectivity index (χ2v) is 6.43. The number of likely N-dealkylation sites (tertiary alicyclic amines) is 1. The Hall–Kier alpha value is -2.89. The molecule has 1 aromatic heterocycles.